The van der Waals surface area contributed by atoms with Gasteiger partial charge in [-0.1, -0.05) is 12.1 Å². The van der Waals surface area contributed by atoms with Crippen LogP contribution in [0, 0.1) is 16.6 Å². The molecule has 0 aliphatic carbocycles. The largest absolute Gasteiger partial charge is 0.424 e. The molecule has 1 amide bonds. The molecule has 0 saturated heterocycles. The van der Waals surface area contributed by atoms with Crippen molar-refractivity contribution in [2.45, 2.75) is 0 Å². The molecule has 8 heteroatoms. The maximum absolute atomic E-state index is 13.9. The lowest BCUT2D eigenvalue weighted by Gasteiger charge is -2.19. The maximum Gasteiger partial charge on any atom is 0.258 e. The maximum atomic E-state index is 13.9. The molecular formula is C20H24FN5O2. The molecular weight excluding hydrogens is 361 g/mol. The van der Waals surface area contributed by atoms with Crippen LogP contribution < -0.4 is 10.2 Å². The van der Waals surface area contributed by atoms with E-state index in [1.54, 1.807) is 48.2 Å². The van der Waals surface area contributed by atoms with Crippen molar-refractivity contribution >= 4 is 29.1 Å². The molecule has 148 valence electrons. The molecule has 7 nitrogen and oxygen atoms in total. The van der Waals surface area contributed by atoms with E-state index in [1.165, 1.54) is 18.2 Å². The normalized spacial score (nSPS) is 10.5. The molecule has 0 radical (unpaired) electrons. The summed E-state index contributed by atoms with van der Waals surface area (Å²) in [6.45, 7) is 0.259. The quantitative estimate of drug-likeness (QED) is 0.526. The number of likely N-dealkylation sites (N-methyl/N-ethyl adjacent to an activating group) is 1. The summed E-state index contributed by atoms with van der Waals surface area (Å²) in [4.78, 5) is 16.0. The van der Waals surface area contributed by atoms with Crippen LogP contribution in [0.15, 0.2) is 42.5 Å². The third kappa shape index (κ3) is 5.37. The Hall–Kier alpha value is -3.26. The molecule has 0 fully saturated rings. The van der Waals surface area contributed by atoms with Gasteiger partial charge >= 0.3 is 0 Å². The lowest BCUT2D eigenvalue weighted by atomic mass is 10.1. The predicted molar refractivity (Wildman–Crippen MR) is 109 cm³/mol. The summed E-state index contributed by atoms with van der Waals surface area (Å²) >= 11 is 0. The van der Waals surface area contributed by atoms with Gasteiger partial charge in [0.25, 0.3) is 5.91 Å². The first-order valence-corrected chi connectivity index (χ1v) is 8.55. The summed E-state index contributed by atoms with van der Waals surface area (Å²) in [6, 6.07) is 10.7. The molecule has 2 rings (SSSR count). The fraction of sp³-hybridized carbons (Fsp3) is 0.250. The first-order valence-electron chi connectivity index (χ1n) is 8.55. The summed E-state index contributed by atoms with van der Waals surface area (Å²) in [5, 5.41) is 18.6. The van der Waals surface area contributed by atoms with Gasteiger partial charge in [-0.05, 0) is 44.4 Å². The Labute approximate surface area is 163 Å². The average Bonchev–Trinajstić information content (AvgIpc) is 2.60. The molecule has 28 heavy (non-hydrogen) atoms. The minimum atomic E-state index is -0.615. The molecule has 3 N–H and O–H groups in total. The predicted octanol–water partition coefficient (Wildman–Crippen LogP) is 3.02. The van der Waals surface area contributed by atoms with Gasteiger partial charge in [0, 0.05) is 19.7 Å². The van der Waals surface area contributed by atoms with Crippen LogP contribution in [0.25, 0.3) is 0 Å². The van der Waals surface area contributed by atoms with Crippen molar-refractivity contribution in [1.29, 1.82) is 10.8 Å². The van der Waals surface area contributed by atoms with Gasteiger partial charge in [0.05, 0.1) is 23.5 Å². The molecule has 0 spiro atoms. The average molecular weight is 385 g/mol. The molecule has 0 aliphatic heterocycles. The van der Waals surface area contributed by atoms with Crippen molar-refractivity contribution in [2.75, 3.05) is 45.0 Å². The van der Waals surface area contributed by atoms with Crippen molar-refractivity contribution < 1.29 is 13.9 Å². The van der Waals surface area contributed by atoms with E-state index in [9.17, 15) is 9.18 Å². The first kappa shape index (κ1) is 21.0. The van der Waals surface area contributed by atoms with Gasteiger partial charge in [-0.25, -0.2) is 4.39 Å². The second-order valence-electron chi connectivity index (χ2n) is 6.65. The van der Waals surface area contributed by atoms with E-state index in [1.807, 2.05) is 14.1 Å². The Morgan fingerprint density at radius 3 is 2.39 bits per heavy atom. The summed E-state index contributed by atoms with van der Waals surface area (Å²) in [7, 11) is 7.21. The van der Waals surface area contributed by atoms with Crippen LogP contribution in [0.5, 0.6) is 0 Å². The van der Waals surface area contributed by atoms with E-state index < -0.39 is 11.7 Å². The number of nitrogens with one attached hydrogen (secondary N) is 3. The third-order valence-corrected chi connectivity index (χ3v) is 3.79. The number of nitrogens with zero attached hydrogens (tertiary/aromatic N) is 2. The Balaban J connectivity index is 2.28. The molecule has 0 saturated carbocycles. The van der Waals surface area contributed by atoms with Crippen molar-refractivity contribution in [2.24, 2.45) is 0 Å². The van der Waals surface area contributed by atoms with E-state index >= 15 is 0 Å². The molecule has 2 aromatic rings. The monoisotopic (exact) mass is 385 g/mol. The smallest absolute Gasteiger partial charge is 0.258 e. The highest BCUT2D eigenvalue weighted by atomic mass is 19.1. The topological polar surface area (TPSA) is 92.5 Å². The zero-order valence-corrected chi connectivity index (χ0v) is 16.3. The molecule has 0 aliphatic rings. The van der Waals surface area contributed by atoms with Crippen LogP contribution in [0.2, 0.25) is 0 Å². The summed E-state index contributed by atoms with van der Waals surface area (Å²) in [6.07, 6.45) is 0. The zero-order chi connectivity index (χ0) is 20.8. The van der Waals surface area contributed by atoms with Crippen LogP contribution in [0.4, 0.5) is 15.8 Å². The standard InChI is InChI=1S/C20H24FN5O2/c1-25(2)12-18(22)28-19(23)13-9-10-17(26(3)4)16(11-13)24-20(27)14-7-5-6-8-15(14)21/h5-11,22-23H,12H2,1-4H3,(H,24,27). The fourth-order valence-corrected chi connectivity index (χ4v) is 2.50. The molecule has 0 bridgehead atoms. The minimum Gasteiger partial charge on any atom is -0.424 e. The van der Waals surface area contributed by atoms with Gasteiger partial charge < -0.3 is 19.9 Å². The van der Waals surface area contributed by atoms with Crippen molar-refractivity contribution in [3.63, 3.8) is 0 Å². The van der Waals surface area contributed by atoms with E-state index in [0.29, 0.717) is 16.9 Å². The molecule has 2 aromatic carbocycles. The first-order chi connectivity index (χ1) is 13.2. The number of amides is 1. The summed E-state index contributed by atoms with van der Waals surface area (Å²) in [5.74, 6) is -1.48. The lowest BCUT2D eigenvalue weighted by Crippen LogP contribution is -2.25. The van der Waals surface area contributed by atoms with Gasteiger partial charge in [0.15, 0.2) is 0 Å². The minimum absolute atomic E-state index is 0.0661. The Morgan fingerprint density at radius 1 is 1.11 bits per heavy atom. The van der Waals surface area contributed by atoms with Gasteiger partial charge in [0.2, 0.25) is 11.8 Å². The van der Waals surface area contributed by atoms with Crippen LogP contribution >= 0.6 is 0 Å². The van der Waals surface area contributed by atoms with Gasteiger partial charge in [-0.2, -0.15) is 0 Å². The van der Waals surface area contributed by atoms with E-state index in [4.69, 9.17) is 15.6 Å². The number of benzene rings is 2. The van der Waals surface area contributed by atoms with Crippen LogP contribution in [0.1, 0.15) is 15.9 Å². The molecule has 0 unspecified atom stereocenters. The van der Waals surface area contributed by atoms with Crippen LogP contribution in [-0.4, -0.2) is 57.3 Å². The number of rotatable bonds is 6. The second-order valence-corrected chi connectivity index (χ2v) is 6.65. The Kier molecular flexibility index (Phi) is 6.84. The van der Waals surface area contributed by atoms with Gasteiger partial charge in [-0.3, -0.25) is 15.6 Å². The van der Waals surface area contributed by atoms with Gasteiger partial charge in [0.1, 0.15) is 5.82 Å². The highest BCUT2D eigenvalue weighted by Gasteiger charge is 2.16. The number of anilines is 2. The van der Waals surface area contributed by atoms with Crippen LogP contribution in [0.3, 0.4) is 0 Å². The highest BCUT2D eigenvalue weighted by molar-refractivity contribution is 6.07. The zero-order valence-electron chi connectivity index (χ0n) is 16.3. The van der Waals surface area contributed by atoms with E-state index in [-0.39, 0.29) is 23.9 Å². The summed E-state index contributed by atoms with van der Waals surface area (Å²) in [5.41, 5.74) is 1.41. The van der Waals surface area contributed by atoms with Gasteiger partial charge in [-0.15, -0.1) is 0 Å². The number of halogens is 1. The van der Waals surface area contributed by atoms with Crippen molar-refractivity contribution in [1.82, 2.24) is 4.90 Å². The lowest BCUT2D eigenvalue weighted by molar-refractivity contribution is 0.102. The SMILES string of the molecule is CN(C)CC(=N)OC(=N)c1ccc(N(C)C)c(NC(=O)c2ccccc2F)c1. The van der Waals surface area contributed by atoms with Crippen molar-refractivity contribution in [3.8, 4) is 0 Å². The van der Waals surface area contributed by atoms with Crippen LogP contribution in [-0.2, 0) is 4.74 Å². The molecule has 0 aromatic heterocycles. The number of carbonyl (C=O) groups excluding carboxylic acids is 1. The summed E-state index contributed by atoms with van der Waals surface area (Å²) < 4.78 is 19.2. The highest BCUT2D eigenvalue weighted by Crippen LogP contribution is 2.27. The Bertz CT molecular complexity index is 896. The number of hydrogen-bond acceptors (Lipinski definition) is 6. The second kappa shape index (κ2) is 9.09. The van der Waals surface area contributed by atoms with E-state index in [2.05, 4.69) is 5.32 Å². The molecule has 0 atom stereocenters. The third-order valence-electron chi connectivity index (χ3n) is 3.79. The number of ether oxygens (including phenoxy) is 1. The number of hydrogen-bond donors (Lipinski definition) is 3. The van der Waals surface area contributed by atoms with E-state index in [0.717, 1.165) is 0 Å². The van der Waals surface area contributed by atoms with Crippen molar-refractivity contribution in [3.05, 3.63) is 59.4 Å². The fourth-order valence-electron chi connectivity index (χ4n) is 2.50. The number of carbonyl (C=O) groups is 1. The molecule has 0 heterocycles. The Morgan fingerprint density at radius 2 is 1.79 bits per heavy atom.